The number of urea groups is 1. The van der Waals surface area contributed by atoms with Gasteiger partial charge in [-0.2, -0.15) is 0 Å². The Morgan fingerprint density at radius 2 is 1.73 bits per heavy atom. The number of benzene rings is 1. The van der Waals surface area contributed by atoms with E-state index in [1.54, 1.807) is 26.6 Å². The van der Waals surface area contributed by atoms with E-state index in [1.165, 1.54) is 0 Å². The molecule has 0 bridgehead atoms. The molecular weight excluding hydrogens is 332 g/mol. The summed E-state index contributed by atoms with van der Waals surface area (Å²) in [4.78, 5) is 20.6. The number of piperazine rings is 1. The van der Waals surface area contributed by atoms with Crippen LogP contribution in [0.4, 0.5) is 10.5 Å². The zero-order valence-corrected chi connectivity index (χ0v) is 15.1. The van der Waals surface area contributed by atoms with Crippen molar-refractivity contribution in [2.24, 2.45) is 0 Å². The Balaban J connectivity index is 1.50. The summed E-state index contributed by atoms with van der Waals surface area (Å²) in [6, 6.07) is 9.57. The molecule has 0 saturated carbocycles. The number of aromatic nitrogens is 1. The van der Waals surface area contributed by atoms with E-state index in [0.29, 0.717) is 31.1 Å². The summed E-state index contributed by atoms with van der Waals surface area (Å²) in [5.74, 6) is 1.33. The minimum absolute atomic E-state index is 0.0471. The highest BCUT2D eigenvalue weighted by molar-refractivity contribution is 5.74. The first-order valence-electron chi connectivity index (χ1n) is 8.60. The third kappa shape index (κ3) is 4.17. The molecule has 2 heterocycles. The number of ether oxygens (including phenoxy) is 2. The van der Waals surface area contributed by atoms with E-state index in [4.69, 9.17) is 9.47 Å². The standard InChI is InChI=1S/C19H24N4O3/c1-25-17-4-3-15(13-18(17)26-2)14-21-19(24)23-11-9-22(10-12-23)16-5-7-20-8-6-16/h3-8,13H,9-12,14H2,1-2H3,(H,21,24). The Morgan fingerprint density at radius 3 is 2.38 bits per heavy atom. The Morgan fingerprint density at radius 1 is 1.04 bits per heavy atom. The first-order valence-corrected chi connectivity index (χ1v) is 8.60. The molecule has 0 aliphatic carbocycles. The number of carbonyl (C=O) groups is 1. The molecule has 0 radical (unpaired) electrons. The number of hydrogen-bond acceptors (Lipinski definition) is 5. The summed E-state index contributed by atoms with van der Waals surface area (Å²) in [7, 11) is 3.20. The van der Waals surface area contributed by atoms with Crippen molar-refractivity contribution in [3.8, 4) is 11.5 Å². The SMILES string of the molecule is COc1ccc(CNC(=O)N2CCN(c3ccncc3)CC2)cc1OC. The zero-order chi connectivity index (χ0) is 18.4. The lowest BCUT2D eigenvalue weighted by atomic mass is 10.2. The number of carbonyl (C=O) groups excluding carboxylic acids is 1. The highest BCUT2D eigenvalue weighted by Gasteiger charge is 2.21. The van der Waals surface area contributed by atoms with Crippen LogP contribution in [0.1, 0.15) is 5.56 Å². The maximum absolute atomic E-state index is 12.4. The van der Waals surface area contributed by atoms with Gasteiger partial charge < -0.3 is 24.6 Å². The number of pyridine rings is 1. The Kier molecular flexibility index (Phi) is 5.78. The van der Waals surface area contributed by atoms with Gasteiger partial charge in [0.15, 0.2) is 11.5 Å². The highest BCUT2D eigenvalue weighted by atomic mass is 16.5. The van der Waals surface area contributed by atoms with Crippen LogP contribution in [0.25, 0.3) is 0 Å². The van der Waals surface area contributed by atoms with Gasteiger partial charge in [-0.1, -0.05) is 6.07 Å². The summed E-state index contributed by atoms with van der Waals surface area (Å²) >= 11 is 0. The fourth-order valence-electron chi connectivity index (χ4n) is 3.00. The smallest absolute Gasteiger partial charge is 0.317 e. The van der Waals surface area contributed by atoms with Gasteiger partial charge >= 0.3 is 6.03 Å². The lowest BCUT2D eigenvalue weighted by molar-refractivity contribution is 0.194. The van der Waals surface area contributed by atoms with Gasteiger partial charge in [0.1, 0.15) is 0 Å². The van der Waals surface area contributed by atoms with E-state index < -0.39 is 0 Å². The van der Waals surface area contributed by atoms with Crippen molar-refractivity contribution >= 4 is 11.7 Å². The number of hydrogen-bond donors (Lipinski definition) is 1. The molecule has 1 aliphatic heterocycles. The largest absolute Gasteiger partial charge is 0.493 e. The Labute approximate surface area is 153 Å². The average Bonchev–Trinajstić information content (AvgIpc) is 2.72. The van der Waals surface area contributed by atoms with Gasteiger partial charge in [-0.25, -0.2) is 4.79 Å². The van der Waals surface area contributed by atoms with E-state index >= 15 is 0 Å². The van der Waals surface area contributed by atoms with Crippen LogP contribution in [0.5, 0.6) is 11.5 Å². The van der Waals surface area contributed by atoms with E-state index in [2.05, 4.69) is 15.2 Å². The average molecular weight is 356 g/mol. The molecule has 0 unspecified atom stereocenters. The monoisotopic (exact) mass is 356 g/mol. The molecule has 1 saturated heterocycles. The van der Waals surface area contributed by atoms with Crippen molar-refractivity contribution in [1.29, 1.82) is 0 Å². The molecular formula is C19H24N4O3. The predicted octanol–water partition coefficient (Wildman–Crippen LogP) is 2.13. The fourth-order valence-corrected chi connectivity index (χ4v) is 3.00. The second-order valence-electron chi connectivity index (χ2n) is 6.03. The van der Waals surface area contributed by atoms with Gasteiger partial charge in [0.2, 0.25) is 0 Å². The summed E-state index contributed by atoms with van der Waals surface area (Å²) in [6.45, 7) is 3.46. The quantitative estimate of drug-likeness (QED) is 0.889. The summed E-state index contributed by atoms with van der Waals surface area (Å²) in [5, 5.41) is 2.97. The lowest BCUT2D eigenvalue weighted by Gasteiger charge is -2.36. The summed E-state index contributed by atoms with van der Waals surface area (Å²) in [6.07, 6.45) is 3.58. The van der Waals surface area contributed by atoms with E-state index in [9.17, 15) is 4.79 Å². The van der Waals surface area contributed by atoms with Crippen LogP contribution in [0.3, 0.4) is 0 Å². The molecule has 3 rings (SSSR count). The molecule has 7 heteroatoms. The number of anilines is 1. The van der Waals surface area contributed by atoms with Crippen molar-refractivity contribution in [2.45, 2.75) is 6.54 Å². The molecule has 2 amide bonds. The predicted molar refractivity (Wildman–Crippen MR) is 99.8 cm³/mol. The minimum atomic E-state index is -0.0471. The van der Waals surface area contributed by atoms with Gasteiger partial charge in [0, 0.05) is 50.8 Å². The van der Waals surface area contributed by atoms with Gasteiger partial charge in [-0.15, -0.1) is 0 Å². The lowest BCUT2D eigenvalue weighted by Crippen LogP contribution is -2.51. The molecule has 138 valence electrons. The number of nitrogens with zero attached hydrogens (tertiary/aromatic N) is 3. The maximum Gasteiger partial charge on any atom is 0.317 e. The van der Waals surface area contributed by atoms with Crippen molar-refractivity contribution < 1.29 is 14.3 Å². The van der Waals surface area contributed by atoms with Crippen molar-refractivity contribution in [3.63, 3.8) is 0 Å². The molecule has 0 spiro atoms. The molecule has 1 N–H and O–H groups in total. The number of amides is 2. The summed E-state index contributed by atoms with van der Waals surface area (Å²) < 4.78 is 10.5. The third-order valence-corrected chi connectivity index (χ3v) is 4.49. The second kappa shape index (κ2) is 8.42. The highest BCUT2D eigenvalue weighted by Crippen LogP contribution is 2.27. The van der Waals surface area contributed by atoms with Crippen LogP contribution in [0.2, 0.25) is 0 Å². The van der Waals surface area contributed by atoms with Gasteiger partial charge in [-0.3, -0.25) is 4.98 Å². The van der Waals surface area contributed by atoms with Crippen LogP contribution >= 0.6 is 0 Å². The van der Waals surface area contributed by atoms with E-state index in [-0.39, 0.29) is 6.03 Å². The van der Waals surface area contributed by atoms with E-state index in [0.717, 1.165) is 24.3 Å². The minimum Gasteiger partial charge on any atom is -0.493 e. The molecule has 0 atom stereocenters. The van der Waals surface area contributed by atoms with Gasteiger partial charge in [0.25, 0.3) is 0 Å². The molecule has 7 nitrogen and oxygen atoms in total. The fraction of sp³-hybridized carbons (Fsp3) is 0.368. The number of nitrogens with one attached hydrogen (secondary N) is 1. The molecule has 1 aromatic heterocycles. The van der Waals surface area contributed by atoms with Crippen LogP contribution in [-0.2, 0) is 6.54 Å². The van der Waals surface area contributed by atoms with Crippen molar-refractivity contribution in [1.82, 2.24) is 15.2 Å². The van der Waals surface area contributed by atoms with Crippen molar-refractivity contribution in [2.75, 3.05) is 45.3 Å². The first kappa shape index (κ1) is 17.8. The molecule has 2 aromatic rings. The molecule has 1 aliphatic rings. The normalized spacial score (nSPS) is 14.1. The number of methoxy groups -OCH3 is 2. The van der Waals surface area contributed by atoms with Gasteiger partial charge in [-0.05, 0) is 29.8 Å². The third-order valence-electron chi connectivity index (χ3n) is 4.49. The molecule has 1 aromatic carbocycles. The topological polar surface area (TPSA) is 66.9 Å². The van der Waals surface area contributed by atoms with E-state index in [1.807, 2.05) is 35.2 Å². The number of rotatable bonds is 5. The van der Waals surface area contributed by atoms with Crippen LogP contribution < -0.4 is 19.7 Å². The maximum atomic E-state index is 12.4. The van der Waals surface area contributed by atoms with Crippen LogP contribution in [0, 0.1) is 0 Å². The van der Waals surface area contributed by atoms with Crippen LogP contribution in [-0.4, -0.2) is 56.3 Å². The molecule has 26 heavy (non-hydrogen) atoms. The van der Waals surface area contributed by atoms with Gasteiger partial charge in [0.05, 0.1) is 14.2 Å². The Hall–Kier alpha value is -2.96. The zero-order valence-electron chi connectivity index (χ0n) is 15.1. The first-order chi connectivity index (χ1) is 12.7. The summed E-state index contributed by atoms with van der Waals surface area (Å²) in [5.41, 5.74) is 2.11. The Bertz CT molecular complexity index is 731. The van der Waals surface area contributed by atoms with Crippen LogP contribution in [0.15, 0.2) is 42.7 Å². The van der Waals surface area contributed by atoms with Crippen molar-refractivity contribution in [3.05, 3.63) is 48.3 Å². The molecule has 1 fully saturated rings. The second-order valence-corrected chi connectivity index (χ2v) is 6.03.